The van der Waals surface area contributed by atoms with E-state index in [0.29, 0.717) is 16.3 Å². The van der Waals surface area contributed by atoms with Crippen LogP contribution in [0, 0.1) is 11.3 Å². The number of hydrogen-bond acceptors (Lipinski definition) is 5. The highest BCUT2D eigenvalue weighted by Crippen LogP contribution is 2.28. The van der Waals surface area contributed by atoms with Gasteiger partial charge in [-0.15, -0.1) is 0 Å². The summed E-state index contributed by atoms with van der Waals surface area (Å²) >= 11 is 5.96. The molecule has 2 aromatic rings. The summed E-state index contributed by atoms with van der Waals surface area (Å²) in [5.74, 6) is 0.0125. The molecule has 1 saturated heterocycles. The van der Waals surface area contributed by atoms with E-state index in [4.69, 9.17) is 22.1 Å². The summed E-state index contributed by atoms with van der Waals surface area (Å²) in [6.07, 6.45) is 3.16. The van der Waals surface area contributed by atoms with E-state index in [1.165, 1.54) is 6.20 Å². The predicted octanol–water partition coefficient (Wildman–Crippen LogP) is 2.75. The molecule has 1 aromatic heterocycles. The standard InChI is InChI=1S/C18H17ClN4O2/c19-13-1-2-17(12(9-13)11-20)23-7-4-14(5-8-23)25-15-3-6-22-16(10-15)18(21)24/h1-3,6,9-10,14H,4-5,7-8H2,(H2,21,24). The van der Waals surface area contributed by atoms with E-state index in [0.717, 1.165) is 31.6 Å². The molecule has 25 heavy (non-hydrogen) atoms. The van der Waals surface area contributed by atoms with Gasteiger partial charge in [-0.3, -0.25) is 9.78 Å². The molecule has 0 unspecified atom stereocenters. The molecule has 2 N–H and O–H groups in total. The quantitative estimate of drug-likeness (QED) is 0.909. The molecule has 1 amide bonds. The Morgan fingerprint density at radius 2 is 2.08 bits per heavy atom. The number of primary amides is 1. The normalized spacial score (nSPS) is 14.8. The fraction of sp³-hybridized carbons (Fsp3) is 0.278. The van der Waals surface area contributed by atoms with Gasteiger partial charge >= 0.3 is 0 Å². The van der Waals surface area contributed by atoms with Crippen molar-refractivity contribution >= 4 is 23.2 Å². The van der Waals surface area contributed by atoms with Gasteiger partial charge in [0.05, 0.1) is 11.3 Å². The molecule has 0 spiro atoms. The molecule has 128 valence electrons. The highest BCUT2D eigenvalue weighted by Gasteiger charge is 2.22. The van der Waals surface area contributed by atoms with E-state index in [2.05, 4.69) is 16.0 Å². The Morgan fingerprint density at radius 1 is 1.32 bits per heavy atom. The molecule has 1 aromatic carbocycles. The molecular weight excluding hydrogens is 340 g/mol. The monoisotopic (exact) mass is 356 g/mol. The van der Waals surface area contributed by atoms with Crippen LogP contribution in [0.2, 0.25) is 5.02 Å². The Bertz CT molecular complexity index is 826. The van der Waals surface area contributed by atoms with Crippen LogP contribution < -0.4 is 15.4 Å². The summed E-state index contributed by atoms with van der Waals surface area (Å²) in [6, 6.07) is 10.8. The Balaban J connectivity index is 1.64. The lowest BCUT2D eigenvalue weighted by molar-refractivity contribution is 0.0994. The number of carbonyl (C=O) groups excluding carboxylic acids is 1. The molecule has 0 radical (unpaired) electrons. The number of hydrogen-bond donors (Lipinski definition) is 1. The van der Waals surface area contributed by atoms with E-state index in [9.17, 15) is 10.1 Å². The van der Waals surface area contributed by atoms with Gasteiger partial charge in [-0.1, -0.05) is 11.6 Å². The second-order valence-electron chi connectivity index (χ2n) is 5.82. The smallest absolute Gasteiger partial charge is 0.267 e. The molecule has 0 aliphatic carbocycles. The Morgan fingerprint density at radius 3 is 2.76 bits per heavy atom. The first-order valence-corrected chi connectivity index (χ1v) is 8.31. The van der Waals surface area contributed by atoms with E-state index in [1.54, 1.807) is 24.3 Å². The number of halogens is 1. The highest BCUT2D eigenvalue weighted by atomic mass is 35.5. The molecular formula is C18H17ClN4O2. The second-order valence-corrected chi connectivity index (χ2v) is 6.26. The number of nitrogens with two attached hydrogens (primary N) is 1. The highest BCUT2D eigenvalue weighted by molar-refractivity contribution is 6.30. The van der Waals surface area contributed by atoms with Crippen molar-refractivity contribution in [2.45, 2.75) is 18.9 Å². The average molecular weight is 357 g/mol. The molecule has 0 bridgehead atoms. The van der Waals surface area contributed by atoms with Gasteiger partial charge in [0.15, 0.2) is 0 Å². The Kier molecular flexibility index (Phi) is 5.05. The molecule has 0 saturated carbocycles. The van der Waals surface area contributed by atoms with E-state index >= 15 is 0 Å². The van der Waals surface area contributed by atoms with Crippen LogP contribution in [0.15, 0.2) is 36.5 Å². The first kappa shape index (κ1) is 17.1. The van der Waals surface area contributed by atoms with Crippen LogP contribution in [0.5, 0.6) is 5.75 Å². The number of piperidine rings is 1. The van der Waals surface area contributed by atoms with Crippen LogP contribution in [0.1, 0.15) is 28.9 Å². The molecule has 2 heterocycles. The van der Waals surface area contributed by atoms with Crippen LogP contribution in [-0.2, 0) is 0 Å². The summed E-state index contributed by atoms with van der Waals surface area (Å²) < 4.78 is 5.95. The fourth-order valence-electron chi connectivity index (χ4n) is 2.90. The van der Waals surface area contributed by atoms with Gasteiger partial charge in [0, 0.05) is 43.2 Å². The number of carbonyl (C=O) groups is 1. The van der Waals surface area contributed by atoms with Crippen LogP contribution in [0.25, 0.3) is 0 Å². The summed E-state index contributed by atoms with van der Waals surface area (Å²) in [5, 5.41) is 9.84. The maximum atomic E-state index is 11.2. The minimum atomic E-state index is -0.577. The third kappa shape index (κ3) is 4.01. The number of nitriles is 1. The molecule has 1 aliphatic rings. The van der Waals surface area contributed by atoms with Crippen molar-refractivity contribution in [3.63, 3.8) is 0 Å². The van der Waals surface area contributed by atoms with Gasteiger partial charge in [-0.2, -0.15) is 5.26 Å². The average Bonchev–Trinajstić information content (AvgIpc) is 2.62. The number of aromatic nitrogens is 1. The minimum Gasteiger partial charge on any atom is -0.490 e. The van der Waals surface area contributed by atoms with Crippen molar-refractivity contribution < 1.29 is 9.53 Å². The Hall–Kier alpha value is -2.78. The molecule has 0 atom stereocenters. The number of benzene rings is 1. The zero-order valence-corrected chi connectivity index (χ0v) is 14.2. The van der Waals surface area contributed by atoms with Crippen molar-refractivity contribution in [2.24, 2.45) is 5.73 Å². The molecule has 3 rings (SSSR count). The second kappa shape index (κ2) is 7.41. The number of amides is 1. The minimum absolute atomic E-state index is 0.0391. The SMILES string of the molecule is N#Cc1cc(Cl)ccc1N1CCC(Oc2ccnc(C(N)=O)c2)CC1. The first-order chi connectivity index (χ1) is 12.1. The zero-order chi connectivity index (χ0) is 17.8. The van der Waals surface area contributed by atoms with Gasteiger partial charge in [0.25, 0.3) is 5.91 Å². The number of ether oxygens (including phenoxy) is 1. The van der Waals surface area contributed by atoms with Crippen LogP contribution >= 0.6 is 11.6 Å². The zero-order valence-electron chi connectivity index (χ0n) is 13.5. The third-order valence-electron chi connectivity index (χ3n) is 4.15. The first-order valence-electron chi connectivity index (χ1n) is 7.94. The van der Waals surface area contributed by atoms with Crippen LogP contribution in [0.3, 0.4) is 0 Å². The lowest BCUT2D eigenvalue weighted by Gasteiger charge is -2.34. The summed E-state index contributed by atoms with van der Waals surface area (Å²) in [5.41, 5.74) is 6.90. The number of rotatable bonds is 4. The molecule has 1 aliphatic heterocycles. The van der Waals surface area contributed by atoms with Crippen LogP contribution in [0.4, 0.5) is 5.69 Å². The largest absolute Gasteiger partial charge is 0.490 e. The molecule has 6 nitrogen and oxygen atoms in total. The summed E-state index contributed by atoms with van der Waals surface area (Å²) in [7, 11) is 0. The maximum Gasteiger partial charge on any atom is 0.267 e. The van der Waals surface area contributed by atoms with E-state index < -0.39 is 5.91 Å². The summed E-state index contributed by atoms with van der Waals surface area (Å²) in [6.45, 7) is 1.55. The molecule has 7 heteroatoms. The van der Waals surface area contributed by atoms with Crippen molar-refractivity contribution in [3.8, 4) is 11.8 Å². The van der Waals surface area contributed by atoms with Crippen molar-refractivity contribution in [3.05, 3.63) is 52.8 Å². The van der Waals surface area contributed by atoms with Crippen molar-refractivity contribution in [1.29, 1.82) is 5.26 Å². The third-order valence-corrected chi connectivity index (χ3v) is 4.38. The summed E-state index contributed by atoms with van der Waals surface area (Å²) in [4.78, 5) is 17.3. The number of nitrogens with zero attached hydrogens (tertiary/aromatic N) is 3. The van der Waals surface area contributed by atoms with E-state index in [-0.39, 0.29) is 11.8 Å². The van der Waals surface area contributed by atoms with Crippen molar-refractivity contribution in [2.75, 3.05) is 18.0 Å². The lowest BCUT2D eigenvalue weighted by atomic mass is 10.1. The van der Waals surface area contributed by atoms with Gasteiger partial charge in [0.2, 0.25) is 0 Å². The van der Waals surface area contributed by atoms with Gasteiger partial charge in [0.1, 0.15) is 23.6 Å². The van der Waals surface area contributed by atoms with Gasteiger partial charge in [-0.25, -0.2) is 0 Å². The molecule has 1 fully saturated rings. The maximum absolute atomic E-state index is 11.2. The number of anilines is 1. The Labute approximate surface area is 150 Å². The van der Waals surface area contributed by atoms with Crippen LogP contribution in [-0.4, -0.2) is 30.1 Å². The lowest BCUT2D eigenvalue weighted by Crippen LogP contribution is -2.38. The fourth-order valence-corrected chi connectivity index (χ4v) is 3.07. The topological polar surface area (TPSA) is 92.2 Å². The van der Waals surface area contributed by atoms with Gasteiger partial charge < -0.3 is 15.4 Å². The number of pyridine rings is 1. The van der Waals surface area contributed by atoms with E-state index in [1.807, 2.05) is 6.07 Å². The van der Waals surface area contributed by atoms with Crippen molar-refractivity contribution in [1.82, 2.24) is 4.98 Å². The predicted molar refractivity (Wildman–Crippen MR) is 94.8 cm³/mol. The van der Waals surface area contributed by atoms with Gasteiger partial charge in [-0.05, 0) is 24.3 Å².